The van der Waals surface area contributed by atoms with Crippen LogP contribution in [0.25, 0.3) is 0 Å². The van der Waals surface area contributed by atoms with Crippen LogP contribution in [-0.2, 0) is 0 Å². The molecule has 3 fully saturated rings. The van der Waals surface area contributed by atoms with Crippen LogP contribution in [0.5, 0.6) is 0 Å². The Bertz CT molecular complexity index is 300. The molecule has 2 saturated carbocycles. The highest BCUT2D eigenvalue weighted by atomic mass is 35.5. The van der Waals surface area contributed by atoms with E-state index in [1.165, 1.54) is 90.3 Å². The van der Waals surface area contributed by atoms with Crippen LogP contribution in [-0.4, -0.2) is 25.0 Å². The molecule has 0 aromatic heterocycles. The quantitative estimate of drug-likeness (QED) is 0.747. The molecule has 0 bridgehead atoms. The van der Waals surface area contributed by atoms with Gasteiger partial charge in [0.1, 0.15) is 0 Å². The summed E-state index contributed by atoms with van der Waals surface area (Å²) in [7, 11) is 0. The van der Waals surface area contributed by atoms with Gasteiger partial charge in [-0.3, -0.25) is 0 Å². The van der Waals surface area contributed by atoms with Crippen LogP contribution < -0.4 is 4.90 Å². The Morgan fingerprint density at radius 2 is 1.52 bits per heavy atom. The molecule has 1 heterocycles. The molecular weight excluding hydrogens is 278 g/mol. The van der Waals surface area contributed by atoms with Gasteiger partial charge in [-0.15, -0.1) is 11.6 Å². The molecular formula is C19H35ClN+. The van der Waals surface area contributed by atoms with Gasteiger partial charge in [0.2, 0.25) is 0 Å². The van der Waals surface area contributed by atoms with E-state index in [0.717, 1.165) is 17.8 Å². The Labute approximate surface area is 136 Å². The number of nitrogens with one attached hydrogen (secondary N) is 1. The molecule has 21 heavy (non-hydrogen) atoms. The van der Waals surface area contributed by atoms with Gasteiger partial charge in [0, 0.05) is 17.2 Å². The van der Waals surface area contributed by atoms with Crippen molar-refractivity contribution in [3.05, 3.63) is 0 Å². The highest BCUT2D eigenvalue weighted by molar-refractivity contribution is 6.20. The van der Waals surface area contributed by atoms with Crippen molar-refractivity contribution < 1.29 is 4.90 Å². The summed E-state index contributed by atoms with van der Waals surface area (Å²) in [4.78, 5) is 1.91. The van der Waals surface area contributed by atoms with Gasteiger partial charge in [-0.1, -0.05) is 38.5 Å². The number of alkyl halides is 1. The zero-order valence-corrected chi connectivity index (χ0v) is 14.5. The number of quaternary nitrogens is 1. The molecule has 0 aromatic carbocycles. The molecule has 0 spiro atoms. The van der Waals surface area contributed by atoms with Crippen molar-refractivity contribution in [2.75, 3.05) is 19.6 Å². The maximum absolute atomic E-state index is 6.38. The maximum Gasteiger partial charge on any atom is 0.0800 e. The smallest absolute Gasteiger partial charge is 0.0800 e. The molecule has 3 rings (SSSR count). The highest BCUT2D eigenvalue weighted by Crippen LogP contribution is 2.31. The molecule has 2 aliphatic carbocycles. The lowest BCUT2D eigenvalue weighted by Gasteiger charge is -2.35. The first kappa shape index (κ1) is 16.1. The minimum Gasteiger partial charge on any atom is -0.334 e. The van der Waals surface area contributed by atoms with Crippen LogP contribution in [0.1, 0.15) is 77.0 Å². The summed E-state index contributed by atoms with van der Waals surface area (Å²) in [6.07, 6.45) is 17.5. The summed E-state index contributed by atoms with van der Waals surface area (Å²) in [5, 5.41) is 0.478. The lowest BCUT2D eigenvalue weighted by Crippen LogP contribution is -3.14. The highest BCUT2D eigenvalue weighted by Gasteiger charge is 2.29. The summed E-state index contributed by atoms with van der Waals surface area (Å²) in [6.45, 7) is 4.33. The summed E-state index contributed by atoms with van der Waals surface area (Å²) in [5.41, 5.74) is 0. The molecule has 4 unspecified atom stereocenters. The average Bonchev–Trinajstić information content (AvgIpc) is 2.49. The average molecular weight is 313 g/mol. The summed E-state index contributed by atoms with van der Waals surface area (Å²) in [6, 6.07) is 0. The Morgan fingerprint density at radius 1 is 0.762 bits per heavy atom. The largest absolute Gasteiger partial charge is 0.334 e. The van der Waals surface area contributed by atoms with Crippen LogP contribution in [0.15, 0.2) is 0 Å². The Kier molecular flexibility index (Phi) is 6.29. The van der Waals surface area contributed by atoms with Gasteiger partial charge in [-0.25, -0.2) is 0 Å². The van der Waals surface area contributed by atoms with Gasteiger partial charge in [0.25, 0.3) is 0 Å². The van der Waals surface area contributed by atoms with Crippen molar-refractivity contribution in [2.24, 2.45) is 17.8 Å². The molecule has 1 saturated heterocycles. The molecule has 0 radical (unpaired) electrons. The molecule has 1 N–H and O–H groups in total. The molecule has 3 aliphatic rings. The van der Waals surface area contributed by atoms with Gasteiger partial charge in [0.15, 0.2) is 0 Å². The first-order valence-corrected chi connectivity index (χ1v) is 10.2. The number of piperidine rings is 1. The second kappa shape index (κ2) is 8.20. The fourth-order valence-electron chi connectivity index (χ4n) is 5.35. The first-order valence-electron chi connectivity index (χ1n) is 9.77. The predicted octanol–water partition coefficient (Wildman–Crippen LogP) is 4.05. The Hall–Kier alpha value is 0.250. The van der Waals surface area contributed by atoms with Gasteiger partial charge >= 0.3 is 0 Å². The zero-order valence-electron chi connectivity index (χ0n) is 13.8. The molecule has 1 aliphatic heterocycles. The van der Waals surface area contributed by atoms with E-state index in [2.05, 4.69) is 0 Å². The van der Waals surface area contributed by atoms with E-state index in [9.17, 15) is 0 Å². The van der Waals surface area contributed by atoms with Gasteiger partial charge < -0.3 is 4.90 Å². The van der Waals surface area contributed by atoms with Gasteiger partial charge in [-0.05, 0) is 44.4 Å². The molecule has 2 heteroatoms. The van der Waals surface area contributed by atoms with Crippen molar-refractivity contribution in [3.8, 4) is 0 Å². The molecule has 0 amide bonds. The van der Waals surface area contributed by atoms with Gasteiger partial charge in [-0.2, -0.15) is 0 Å². The minimum atomic E-state index is 0.478. The molecule has 122 valence electrons. The maximum atomic E-state index is 6.38. The van der Waals surface area contributed by atoms with Crippen molar-refractivity contribution in [1.82, 2.24) is 0 Å². The van der Waals surface area contributed by atoms with Crippen LogP contribution in [0.3, 0.4) is 0 Å². The number of rotatable bonds is 4. The normalized spacial score (nSPS) is 39.3. The van der Waals surface area contributed by atoms with E-state index in [4.69, 9.17) is 11.6 Å². The summed E-state index contributed by atoms with van der Waals surface area (Å²) in [5.74, 6) is 3.03. The third kappa shape index (κ3) is 5.13. The minimum absolute atomic E-state index is 0.478. The number of halogens is 1. The fourth-order valence-corrected chi connectivity index (χ4v) is 5.76. The SMILES string of the molecule is ClC1CCCC(C[NH+]2CCCC(CC3CCCCC3)C2)C1. The van der Waals surface area contributed by atoms with E-state index in [0.29, 0.717) is 5.38 Å². The van der Waals surface area contributed by atoms with E-state index in [-0.39, 0.29) is 0 Å². The fraction of sp³-hybridized carbons (Fsp3) is 1.00. The Morgan fingerprint density at radius 3 is 2.33 bits per heavy atom. The van der Waals surface area contributed by atoms with E-state index in [1.54, 1.807) is 6.42 Å². The third-order valence-electron chi connectivity index (χ3n) is 6.41. The van der Waals surface area contributed by atoms with Crippen LogP contribution >= 0.6 is 11.6 Å². The van der Waals surface area contributed by atoms with Crippen LogP contribution in [0.2, 0.25) is 0 Å². The zero-order chi connectivity index (χ0) is 14.5. The first-order chi connectivity index (χ1) is 10.3. The molecule has 1 nitrogen and oxygen atoms in total. The van der Waals surface area contributed by atoms with Crippen molar-refractivity contribution >= 4 is 11.6 Å². The van der Waals surface area contributed by atoms with Crippen molar-refractivity contribution in [3.63, 3.8) is 0 Å². The number of hydrogen-bond acceptors (Lipinski definition) is 0. The van der Waals surface area contributed by atoms with Gasteiger partial charge in [0.05, 0.1) is 19.6 Å². The third-order valence-corrected chi connectivity index (χ3v) is 6.80. The topological polar surface area (TPSA) is 4.44 Å². The van der Waals surface area contributed by atoms with Crippen molar-refractivity contribution in [1.29, 1.82) is 0 Å². The monoisotopic (exact) mass is 312 g/mol. The number of likely N-dealkylation sites (tertiary alicyclic amines) is 1. The number of hydrogen-bond donors (Lipinski definition) is 1. The second-order valence-electron chi connectivity index (χ2n) is 8.29. The van der Waals surface area contributed by atoms with Crippen molar-refractivity contribution in [2.45, 2.75) is 82.4 Å². The van der Waals surface area contributed by atoms with E-state index in [1.807, 2.05) is 4.90 Å². The lowest BCUT2D eigenvalue weighted by molar-refractivity contribution is -0.912. The van der Waals surface area contributed by atoms with Crippen LogP contribution in [0.4, 0.5) is 0 Å². The second-order valence-corrected chi connectivity index (χ2v) is 8.90. The van der Waals surface area contributed by atoms with Crippen LogP contribution in [0, 0.1) is 17.8 Å². The predicted molar refractivity (Wildman–Crippen MR) is 91.1 cm³/mol. The summed E-state index contributed by atoms with van der Waals surface area (Å²) >= 11 is 6.38. The van der Waals surface area contributed by atoms with E-state index >= 15 is 0 Å². The molecule has 4 atom stereocenters. The Balaban J connectivity index is 1.42. The summed E-state index contributed by atoms with van der Waals surface area (Å²) < 4.78 is 0. The lowest BCUT2D eigenvalue weighted by atomic mass is 9.80. The van der Waals surface area contributed by atoms with E-state index < -0.39 is 0 Å². The standard InChI is InChI=1S/C19H34ClN/c20-19-10-4-8-18(13-19)15-21-11-5-9-17(14-21)12-16-6-2-1-3-7-16/h16-19H,1-15H2/p+1. The molecule has 0 aromatic rings.